The summed E-state index contributed by atoms with van der Waals surface area (Å²) in [5.41, 5.74) is 0. The Morgan fingerprint density at radius 1 is 1.80 bits per heavy atom. The third kappa shape index (κ3) is 0.923. The van der Waals surface area contributed by atoms with Crippen molar-refractivity contribution in [3.8, 4) is 0 Å². The van der Waals surface area contributed by atoms with E-state index in [2.05, 4.69) is 14.8 Å². The summed E-state index contributed by atoms with van der Waals surface area (Å²) in [5.74, 6) is -2.16. The molecule has 4 nitrogen and oxygen atoms in total. The molecule has 0 aromatic heterocycles. The third-order valence-electron chi connectivity index (χ3n) is 1.37. The second-order valence-electron chi connectivity index (χ2n) is 2.01. The smallest absolute Gasteiger partial charge is 0.422 e. The lowest BCUT2D eigenvalue weighted by molar-refractivity contribution is -0.109. The minimum absolute atomic E-state index is 0.898. The van der Waals surface area contributed by atoms with Crippen LogP contribution in [0, 0.1) is 0 Å². The Labute approximate surface area is 57.3 Å². The maximum absolute atomic E-state index is 13.0. The van der Waals surface area contributed by atoms with E-state index in [-0.39, 0.29) is 0 Å². The van der Waals surface area contributed by atoms with Crippen molar-refractivity contribution in [3.05, 3.63) is 0 Å². The second-order valence-corrected chi connectivity index (χ2v) is 2.01. The molecule has 1 N–H and O–H groups in total. The Morgan fingerprint density at radius 2 is 2.40 bits per heavy atom. The van der Waals surface area contributed by atoms with E-state index >= 15 is 0 Å². The van der Waals surface area contributed by atoms with Crippen LogP contribution in [0.25, 0.3) is 0 Å². The molecule has 10 heavy (non-hydrogen) atoms. The van der Waals surface area contributed by atoms with Crippen LogP contribution in [0.15, 0.2) is 0 Å². The summed E-state index contributed by atoms with van der Waals surface area (Å²) < 4.78 is 21.5. The zero-order chi connectivity index (χ0) is 7.78. The number of cyclic esters (lactones) is 2. The van der Waals surface area contributed by atoms with E-state index in [1.165, 1.54) is 14.0 Å². The van der Waals surface area contributed by atoms with Crippen LogP contribution in [-0.2, 0) is 9.47 Å². The summed E-state index contributed by atoms with van der Waals surface area (Å²) in [4.78, 5) is 10.3. The first kappa shape index (κ1) is 7.27. The predicted molar refractivity (Wildman–Crippen MR) is 29.9 cm³/mol. The fourth-order valence-electron chi connectivity index (χ4n) is 0.703. The molecule has 0 bridgehead atoms. The molecule has 5 heteroatoms. The number of likely N-dealkylation sites (N-methyl/N-ethyl adjacent to an activating group) is 1. The summed E-state index contributed by atoms with van der Waals surface area (Å²) in [6.45, 7) is 1.40. The highest BCUT2D eigenvalue weighted by Gasteiger charge is 2.48. The highest BCUT2D eigenvalue weighted by Crippen LogP contribution is 2.24. The summed E-state index contributed by atoms with van der Waals surface area (Å²) in [6.07, 6.45) is -1.88. The molecule has 1 saturated heterocycles. The topological polar surface area (TPSA) is 47.6 Å². The Hall–Kier alpha value is -0.840. The maximum atomic E-state index is 13.0. The van der Waals surface area contributed by atoms with Gasteiger partial charge in [-0.25, -0.2) is 4.79 Å². The molecule has 1 rings (SSSR count). The highest BCUT2D eigenvalue weighted by molar-refractivity contribution is 5.62. The molecule has 0 saturated carbocycles. The molecule has 0 spiro atoms. The van der Waals surface area contributed by atoms with Crippen LogP contribution in [0.5, 0.6) is 0 Å². The number of nitrogens with one attached hydrogen (secondary N) is 1. The Morgan fingerprint density at radius 3 is 2.60 bits per heavy atom. The molecule has 2 unspecified atom stereocenters. The van der Waals surface area contributed by atoms with Gasteiger partial charge in [0.1, 0.15) is 0 Å². The van der Waals surface area contributed by atoms with Crippen molar-refractivity contribution >= 4 is 6.16 Å². The summed E-state index contributed by atoms with van der Waals surface area (Å²) in [5, 5.41) is 2.19. The molecule has 2 atom stereocenters. The van der Waals surface area contributed by atoms with Crippen LogP contribution in [-0.4, -0.2) is 25.3 Å². The van der Waals surface area contributed by atoms with Crippen LogP contribution in [0.1, 0.15) is 6.92 Å². The van der Waals surface area contributed by atoms with Crippen LogP contribution in [0.2, 0.25) is 0 Å². The van der Waals surface area contributed by atoms with Crippen molar-refractivity contribution in [3.63, 3.8) is 0 Å². The van der Waals surface area contributed by atoms with Crippen LogP contribution >= 0.6 is 0 Å². The van der Waals surface area contributed by atoms with Crippen molar-refractivity contribution in [1.82, 2.24) is 5.32 Å². The van der Waals surface area contributed by atoms with E-state index in [9.17, 15) is 9.18 Å². The summed E-state index contributed by atoms with van der Waals surface area (Å²) in [7, 11) is 1.35. The Balaban J connectivity index is 2.70. The van der Waals surface area contributed by atoms with Crippen molar-refractivity contribution in [2.45, 2.75) is 19.0 Å². The first-order valence-corrected chi connectivity index (χ1v) is 2.86. The van der Waals surface area contributed by atoms with Gasteiger partial charge in [0.15, 0.2) is 6.10 Å². The summed E-state index contributed by atoms with van der Waals surface area (Å²) in [6, 6.07) is 0. The zero-order valence-corrected chi connectivity index (χ0v) is 5.68. The molecule has 1 fully saturated rings. The van der Waals surface area contributed by atoms with Crippen LogP contribution < -0.4 is 5.32 Å². The molecule has 0 radical (unpaired) electrons. The number of carbonyl (C=O) groups is 1. The molecule has 1 aliphatic heterocycles. The van der Waals surface area contributed by atoms with E-state index in [4.69, 9.17) is 0 Å². The number of rotatable bonds is 1. The van der Waals surface area contributed by atoms with Gasteiger partial charge in [0.05, 0.1) is 0 Å². The van der Waals surface area contributed by atoms with Gasteiger partial charge in [-0.15, -0.1) is 0 Å². The quantitative estimate of drug-likeness (QED) is 0.432. The lowest BCUT2D eigenvalue weighted by atomic mass is 10.3. The number of halogens is 1. The van der Waals surface area contributed by atoms with Crippen molar-refractivity contribution in [2.75, 3.05) is 7.05 Å². The predicted octanol–water partition coefficient (Wildman–Crippen LogP) is 0.384. The van der Waals surface area contributed by atoms with Gasteiger partial charge in [0, 0.05) is 0 Å². The van der Waals surface area contributed by atoms with Gasteiger partial charge >= 0.3 is 12.1 Å². The third-order valence-corrected chi connectivity index (χ3v) is 1.37. The van der Waals surface area contributed by atoms with E-state index < -0.39 is 18.2 Å². The molecule has 0 aromatic rings. The lowest BCUT2D eigenvalue weighted by Crippen LogP contribution is -2.45. The number of ether oxygens (including phenoxy) is 2. The van der Waals surface area contributed by atoms with Crippen molar-refractivity contribution in [1.29, 1.82) is 0 Å². The second kappa shape index (κ2) is 2.09. The molecule has 1 heterocycles. The van der Waals surface area contributed by atoms with Crippen LogP contribution in [0.3, 0.4) is 0 Å². The van der Waals surface area contributed by atoms with E-state index in [0.717, 1.165) is 0 Å². The minimum atomic E-state index is -2.16. The standard InChI is InChI=1S/C5H8FNO3/c1-3-5(6,7-2)10-4(8)9-3/h3,7H,1-2H3. The highest BCUT2D eigenvalue weighted by atomic mass is 19.2. The van der Waals surface area contributed by atoms with E-state index in [1.54, 1.807) is 0 Å². The minimum Gasteiger partial charge on any atom is -0.422 e. The average Bonchev–Trinajstić information content (AvgIpc) is 2.09. The normalized spacial score (nSPS) is 39.1. The fraction of sp³-hybridized carbons (Fsp3) is 0.800. The van der Waals surface area contributed by atoms with E-state index in [0.29, 0.717) is 0 Å². The van der Waals surface area contributed by atoms with Gasteiger partial charge in [-0.1, -0.05) is 0 Å². The fourth-order valence-corrected chi connectivity index (χ4v) is 0.703. The molecular formula is C5H8FNO3. The first-order chi connectivity index (χ1) is 4.58. The summed E-state index contributed by atoms with van der Waals surface area (Å²) >= 11 is 0. The van der Waals surface area contributed by atoms with E-state index in [1.807, 2.05) is 0 Å². The van der Waals surface area contributed by atoms with Gasteiger partial charge < -0.3 is 9.47 Å². The molecule has 0 amide bonds. The van der Waals surface area contributed by atoms with Gasteiger partial charge in [-0.3, -0.25) is 5.32 Å². The Kier molecular flexibility index (Phi) is 1.52. The molecule has 1 aliphatic rings. The molecule has 58 valence electrons. The lowest BCUT2D eigenvalue weighted by Gasteiger charge is -2.17. The molecule has 0 aromatic carbocycles. The largest absolute Gasteiger partial charge is 0.512 e. The van der Waals surface area contributed by atoms with Crippen LogP contribution in [0.4, 0.5) is 9.18 Å². The van der Waals surface area contributed by atoms with Gasteiger partial charge in [0.25, 0.3) is 0 Å². The van der Waals surface area contributed by atoms with Crippen molar-refractivity contribution < 1.29 is 18.7 Å². The average molecular weight is 149 g/mol. The zero-order valence-electron chi connectivity index (χ0n) is 5.68. The van der Waals surface area contributed by atoms with Crippen molar-refractivity contribution in [2.24, 2.45) is 0 Å². The molecular weight excluding hydrogens is 141 g/mol. The Bertz CT molecular complexity index is 163. The monoisotopic (exact) mass is 149 g/mol. The number of alkyl halides is 1. The maximum Gasteiger partial charge on any atom is 0.512 e. The van der Waals surface area contributed by atoms with Gasteiger partial charge in [-0.2, -0.15) is 4.39 Å². The van der Waals surface area contributed by atoms with Gasteiger partial charge in [0.2, 0.25) is 0 Å². The number of carbonyl (C=O) groups excluding carboxylic acids is 1. The number of hydrogen-bond acceptors (Lipinski definition) is 4. The first-order valence-electron chi connectivity index (χ1n) is 2.86. The number of hydrogen-bond donors (Lipinski definition) is 1. The van der Waals surface area contributed by atoms with Gasteiger partial charge in [-0.05, 0) is 14.0 Å². The SMILES string of the molecule is CNC1(F)OC(=O)OC1C. The molecule has 0 aliphatic carbocycles.